The summed E-state index contributed by atoms with van der Waals surface area (Å²) in [6, 6.07) is 5.67. The third kappa shape index (κ3) is 3.75. The summed E-state index contributed by atoms with van der Waals surface area (Å²) in [6.07, 6.45) is 2.44. The number of nitrogens with zero attached hydrogens (tertiary/aromatic N) is 1. The fourth-order valence-electron chi connectivity index (χ4n) is 1.43. The number of sulfonamides is 1. The average molecular weight is 303 g/mol. The molecule has 6 nitrogen and oxygen atoms in total. The summed E-state index contributed by atoms with van der Waals surface area (Å²) in [5.74, 6) is 0.0141. The highest BCUT2D eigenvalue weighted by molar-refractivity contribution is 7.89. The van der Waals surface area contributed by atoms with Crippen LogP contribution < -0.4 is 9.46 Å². The third-order valence-electron chi connectivity index (χ3n) is 2.38. The van der Waals surface area contributed by atoms with Gasteiger partial charge in [0.25, 0.3) is 10.0 Å². The number of hydrogen-bond donors (Lipinski definition) is 2. The summed E-state index contributed by atoms with van der Waals surface area (Å²) in [5, 5.41) is -0.0462. The Morgan fingerprint density at radius 3 is 2.55 bits per heavy atom. The summed E-state index contributed by atoms with van der Waals surface area (Å²) >= 11 is 0. The Hall–Kier alpha value is -2.00. The van der Waals surface area contributed by atoms with E-state index in [9.17, 15) is 17.2 Å². The topological polar surface area (TPSA) is 84.1 Å². The van der Waals surface area contributed by atoms with E-state index < -0.39 is 16.6 Å². The second-order valence-electron chi connectivity index (χ2n) is 3.76. The van der Waals surface area contributed by atoms with Crippen LogP contribution in [0.1, 0.15) is 5.56 Å². The number of rotatable bonds is 6. The van der Waals surface area contributed by atoms with Gasteiger partial charge in [-0.3, -0.25) is 0 Å². The molecule has 2 N–H and O–H groups in total. The first-order valence-corrected chi connectivity index (χ1v) is 6.97. The number of aromatic nitrogens is 2. The largest absolute Gasteiger partial charge is 0.435 e. The van der Waals surface area contributed by atoms with Crippen molar-refractivity contribution in [3.63, 3.8) is 0 Å². The van der Waals surface area contributed by atoms with Gasteiger partial charge in [0.2, 0.25) is 0 Å². The van der Waals surface area contributed by atoms with Gasteiger partial charge in [-0.15, -0.1) is 0 Å². The number of ether oxygens (including phenoxy) is 1. The number of nitrogens with one attached hydrogen (secondary N) is 2. The van der Waals surface area contributed by atoms with Crippen LogP contribution in [0.15, 0.2) is 41.8 Å². The summed E-state index contributed by atoms with van der Waals surface area (Å²) < 4.78 is 54.0. The summed E-state index contributed by atoms with van der Waals surface area (Å²) in [6.45, 7) is -2.87. The lowest BCUT2D eigenvalue weighted by Crippen LogP contribution is -2.23. The van der Waals surface area contributed by atoms with Crippen LogP contribution in [0.25, 0.3) is 0 Å². The van der Waals surface area contributed by atoms with E-state index in [4.69, 9.17) is 0 Å². The minimum absolute atomic E-state index is 0.0141. The molecular weight excluding hydrogens is 292 g/mol. The second-order valence-corrected chi connectivity index (χ2v) is 5.50. The summed E-state index contributed by atoms with van der Waals surface area (Å²) in [4.78, 5) is 6.10. The molecule has 0 aliphatic carbocycles. The molecule has 0 aliphatic rings. The zero-order valence-corrected chi connectivity index (χ0v) is 10.9. The minimum Gasteiger partial charge on any atom is -0.435 e. The first-order chi connectivity index (χ1) is 9.47. The molecule has 0 saturated carbocycles. The van der Waals surface area contributed by atoms with E-state index in [1.165, 1.54) is 36.8 Å². The van der Waals surface area contributed by atoms with Gasteiger partial charge in [0.05, 0.1) is 12.5 Å². The maximum Gasteiger partial charge on any atom is 0.387 e. The van der Waals surface area contributed by atoms with Crippen molar-refractivity contribution in [2.75, 3.05) is 0 Å². The molecule has 1 heterocycles. The molecule has 1 aromatic heterocycles. The molecule has 9 heteroatoms. The average Bonchev–Trinajstić information content (AvgIpc) is 2.92. The number of imidazole rings is 1. The Morgan fingerprint density at radius 2 is 2.00 bits per heavy atom. The van der Waals surface area contributed by atoms with Crippen molar-refractivity contribution in [3.05, 3.63) is 42.4 Å². The zero-order valence-electron chi connectivity index (χ0n) is 10.1. The number of aromatic amines is 1. The van der Waals surface area contributed by atoms with Gasteiger partial charge < -0.3 is 9.72 Å². The molecule has 0 atom stereocenters. The van der Waals surface area contributed by atoms with Crippen molar-refractivity contribution < 1.29 is 21.9 Å². The fraction of sp³-hybridized carbons (Fsp3) is 0.182. The van der Waals surface area contributed by atoms with Crippen molar-refractivity contribution in [1.82, 2.24) is 14.7 Å². The van der Waals surface area contributed by atoms with Crippen molar-refractivity contribution in [1.29, 1.82) is 0 Å². The molecule has 20 heavy (non-hydrogen) atoms. The number of alkyl halides is 2. The summed E-state index contributed by atoms with van der Waals surface area (Å²) in [5.41, 5.74) is 0.606. The van der Waals surface area contributed by atoms with Gasteiger partial charge in [-0.1, -0.05) is 12.1 Å². The van der Waals surface area contributed by atoms with Gasteiger partial charge in [0.1, 0.15) is 5.75 Å². The van der Waals surface area contributed by atoms with Crippen LogP contribution in [-0.2, 0) is 16.6 Å². The first-order valence-electron chi connectivity index (χ1n) is 5.49. The van der Waals surface area contributed by atoms with Crippen molar-refractivity contribution in [2.24, 2.45) is 0 Å². The Labute approximate surface area is 113 Å². The Balaban J connectivity index is 1.98. The van der Waals surface area contributed by atoms with Crippen LogP contribution in [0, 0.1) is 0 Å². The van der Waals surface area contributed by atoms with E-state index >= 15 is 0 Å². The molecule has 0 saturated heterocycles. The van der Waals surface area contributed by atoms with E-state index in [0.29, 0.717) is 5.56 Å². The van der Waals surface area contributed by atoms with Crippen LogP contribution in [0.4, 0.5) is 8.78 Å². The van der Waals surface area contributed by atoms with E-state index in [-0.39, 0.29) is 17.3 Å². The number of benzene rings is 1. The second kappa shape index (κ2) is 5.97. The molecule has 0 bridgehead atoms. The van der Waals surface area contributed by atoms with Crippen molar-refractivity contribution >= 4 is 10.0 Å². The zero-order chi connectivity index (χ0) is 14.6. The summed E-state index contributed by atoms with van der Waals surface area (Å²) in [7, 11) is -3.66. The van der Waals surface area contributed by atoms with Gasteiger partial charge in [0.15, 0.2) is 5.03 Å². The van der Waals surface area contributed by atoms with E-state index in [0.717, 1.165) is 0 Å². The molecule has 0 radical (unpaired) electrons. The van der Waals surface area contributed by atoms with E-state index in [2.05, 4.69) is 19.4 Å². The lowest BCUT2D eigenvalue weighted by Gasteiger charge is -2.07. The van der Waals surface area contributed by atoms with Gasteiger partial charge in [0, 0.05) is 6.54 Å². The van der Waals surface area contributed by atoms with E-state index in [1.807, 2.05) is 0 Å². The third-order valence-corrected chi connectivity index (χ3v) is 3.70. The van der Waals surface area contributed by atoms with Gasteiger partial charge in [-0.05, 0) is 17.7 Å². The quantitative estimate of drug-likeness (QED) is 0.847. The minimum atomic E-state index is -3.66. The van der Waals surface area contributed by atoms with Crippen molar-refractivity contribution in [2.45, 2.75) is 18.2 Å². The highest BCUT2D eigenvalue weighted by Gasteiger charge is 2.14. The number of H-pyrrole nitrogens is 1. The van der Waals surface area contributed by atoms with Gasteiger partial charge in [-0.2, -0.15) is 8.78 Å². The van der Waals surface area contributed by atoms with Crippen LogP contribution in [0.3, 0.4) is 0 Å². The molecule has 1 aromatic carbocycles. The molecule has 0 fully saturated rings. The highest BCUT2D eigenvalue weighted by atomic mass is 32.2. The molecule has 0 spiro atoms. The maximum atomic E-state index is 12.0. The van der Waals surface area contributed by atoms with Crippen LogP contribution in [0.5, 0.6) is 5.75 Å². The molecule has 0 amide bonds. The number of halogens is 2. The smallest absolute Gasteiger partial charge is 0.387 e. The SMILES string of the molecule is O=S(=O)(NCc1ccc(OC(F)F)cc1)c1cnc[nH]1. The van der Waals surface area contributed by atoms with Crippen LogP contribution in [-0.4, -0.2) is 25.0 Å². The molecule has 0 unspecified atom stereocenters. The molecule has 108 valence electrons. The fourth-order valence-corrected chi connectivity index (χ4v) is 2.35. The van der Waals surface area contributed by atoms with E-state index in [1.54, 1.807) is 0 Å². The standard InChI is InChI=1S/C11H11F2N3O3S/c12-11(13)19-9-3-1-8(2-4-9)5-16-20(17,18)10-6-14-7-15-10/h1-4,6-7,11,16H,5H2,(H,14,15). The maximum absolute atomic E-state index is 12.0. The Morgan fingerprint density at radius 1 is 1.30 bits per heavy atom. The first kappa shape index (κ1) is 14.4. The lowest BCUT2D eigenvalue weighted by atomic mass is 10.2. The van der Waals surface area contributed by atoms with Gasteiger partial charge >= 0.3 is 6.61 Å². The Bertz CT molecular complexity index is 642. The Kier molecular flexibility index (Phi) is 4.30. The predicted molar refractivity (Wildman–Crippen MR) is 65.7 cm³/mol. The van der Waals surface area contributed by atoms with Crippen LogP contribution >= 0.6 is 0 Å². The van der Waals surface area contributed by atoms with Crippen LogP contribution in [0.2, 0.25) is 0 Å². The molecule has 0 aliphatic heterocycles. The van der Waals surface area contributed by atoms with Crippen molar-refractivity contribution in [3.8, 4) is 5.75 Å². The lowest BCUT2D eigenvalue weighted by molar-refractivity contribution is -0.0498. The molecule has 2 rings (SSSR count). The number of hydrogen-bond acceptors (Lipinski definition) is 4. The molecular formula is C11H11F2N3O3S. The molecule has 2 aromatic rings. The van der Waals surface area contributed by atoms with Gasteiger partial charge in [-0.25, -0.2) is 18.1 Å². The normalized spacial score (nSPS) is 11.8. The predicted octanol–water partition coefficient (Wildman–Crippen LogP) is 1.49. The monoisotopic (exact) mass is 303 g/mol. The highest BCUT2D eigenvalue weighted by Crippen LogP contribution is 2.15.